The molecule has 86 valence electrons. The normalized spacial score (nSPS) is 12.8. The first-order valence-electron chi connectivity index (χ1n) is 5.11. The molecule has 5 nitrogen and oxygen atoms in total. The molecule has 0 aromatic heterocycles. The zero-order valence-corrected chi connectivity index (χ0v) is 9.44. The lowest BCUT2D eigenvalue weighted by atomic mass is 10.2. The van der Waals surface area contributed by atoms with Crippen LogP contribution in [0.5, 0.6) is 0 Å². The molecule has 1 unspecified atom stereocenters. The molecule has 15 heavy (non-hydrogen) atoms. The molecule has 0 aromatic carbocycles. The number of amides is 1. The van der Waals surface area contributed by atoms with Crippen molar-refractivity contribution >= 4 is 5.91 Å². The molecular formula is C10H20N4O. The van der Waals surface area contributed by atoms with E-state index >= 15 is 0 Å². The standard InChI is InChI=1S/C10H20N4O/c1-8(2)6-14(5-3-4-11)7-9(12)10(13)15/h8-9H,3,5-7,12H2,1-2H3,(H2,13,15). The van der Waals surface area contributed by atoms with Gasteiger partial charge in [0.2, 0.25) is 5.91 Å². The Kier molecular flexibility index (Phi) is 6.67. The predicted molar refractivity (Wildman–Crippen MR) is 58.7 cm³/mol. The number of nitriles is 1. The minimum atomic E-state index is -0.651. The molecule has 0 rings (SSSR count). The van der Waals surface area contributed by atoms with Gasteiger partial charge in [0, 0.05) is 26.1 Å². The molecule has 0 bridgehead atoms. The number of primary amides is 1. The highest BCUT2D eigenvalue weighted by Crippen LogP contribution is 2.00. The first-order chi connectivity index (χ1) is 6.97. The largest absolute Gasteiger partial charge is 0.368 e. The summed E-state index contributed by atoms with van der Waals surface area (Å²) < 4.78 is 0. The van der Waals surface area contributed by atoms with E-state index in [1.807, 2.05) is 4.90 Å². The van der Waals surface area contributed by atoms with Crippen LogP contribution in [0.1, 0.15) is 20.3 Å². The van der Waals surface area contributed by atoms with Crippen LogP contribution < -0.4 is 11.5 Å². The van der Waals surface area contributed by atoms with Crippen LogP contribution in [0.3, 0.4) is 0 Å². The van der Waals surface area contributed by atoms with E-state index in [1.165, 1.54) is 0 Å². The van der Waals surface area contributed by atoms with Crippen LogP contribution in [0.15, 0.2) is 0 Å². The fourth-order valence-electron chi connectivity index (χ4n) is 1.35. The fraction of sp³-hybridized carbons (Fsp3) is 0.800. The summed E-state index contributed by atoms with van der Waals surface area (Å²) in [6.07, 6.45) is 0.443. The Labute approximate surface area is 91.0 Å². The average molecular weight is 212 g/mol. The maximum Gasteiger partial charge on any atom is 0.235 e. The Balaban J connectivity index is 4.11. The smallest absolute Gasteiger partial charge is 0.235 e. The molecule has 0 saturated heterocycles. The van der Waals surface area contributed by atoms with Crippen LogP contribution in [-0.4, -0.2) is 36.5 Å². The first kappa shape index (κ1) is 13.9. The van der Waals surface area contributed by atoms with E-state index in [-0.39, 0.29) is 0 Å². The fourth-order valence-corrected chi connectivity index (χ4v) is 1.35. The molecule has 0 aliphatic rings. The van der Waals surface area contributed by atoms with Crippen molar-refractivity contribution in [3.63, 3.8) is 0 Å². The molecule has 1 atom stereocenters. The second-order valence-corrected chi connectivity index (χ2v) is 4.07. The van der Waals surface area contributed by atoms with Crippen LogP contribution in [0.25, 0.3) is 0 Å². The number of hydrogen-bond donors (Lipinski definition) is 2. The molecular weight excluding hydrogens is 192 g/mol. The molecule has 5 heteroatoms. The molecule has 0 aromatic rings. The van der Waals surface area contributed by atoms with Crippen molar-refractivity contribution in [2.45, 2.75) is 26.3 Å². The second-order valence-electron chi connectivity index (χ2n) is 4.07. The average Bonchev–Trinajstić information content (AvgIpc) is 2.13. The maximum atomic E-state index is 10.8. The molecule has 0 aliphatic carbocycles. The van der Waals surface area contributed by atoms with Gasteiger partial charge < -0.3 is 11.5 Å². The quantitative estimate of drug-likeness (QED) is 0.604. The van der Waals surface area contributed by atoms with Crippen molar-refractivity contribution in [3.8, 4) is 6.07 Å². The molecule has 0 radical (unpaired) electrons. The summed E-state index contributed by atoms with van der Waals surface area (Å²) in [6, 6.07) is 1.42. The summed E-state index contributed by atoms with van der Waals surface area (Å²) in [5.74, 6) is -0.0236. The second kappa shape index (κ2) is 7.21. The molecule has 0 spiro atoms. The van der Waals surface area contributed by atoms with Crippen molar-refractivity contribution in [2.75, 3.05) is 19.6 Å². The van der Waals surface area contributed by atoms with Gasteiger partial charge in [0.1, 0.15) is 0 Å². The number of nitrogens with two attached hydrogens (primary N) is 2. The van der Waals surface area contributed by atoms with Gasteiger partial charge in [0.25, 0.3) is 0 Å². The van der Waals surface area contributed by atoms with Gasteiger partial charge >= 0.3 is 0 Å². The van der Waals surface area contributed by atoms with Gasteiger partial charge in [0.05, 0.1) is 12.1 Å². The highest BCUT2D eigenvalue weighted by atomic mass is 16.1. The van der Waals surface area contributed by atoms with E-state index in [9.17, 15) is 4.79 Å². The Morgan fingerprint density at radius 3 is 2.47 bits per heavy atom. The van der Waals surface area contributed by atoms with Crippen LogP contribution in [0.2, 0.25) is 0 Å². The van der Waals surface area contributed by atoms with Crippen LogP contribution in [-0.2, 0) is 4.79 Å². The van der Waals surface area contributed by atoms with Gasteiger partial charge in [-0.05, 0) is 5.92 Å². The number of nitrogens with zero attached hydrogens (tertiary/aromatic N) is 2. The van der Waals surface area contributed by atoms with Gasteiger partial charge in [-0.2, -0.15) is 5.26 Å². The molecule has 0 aliphatic heterocycles. The van der Waals surface area contributed by atoms with E-state index < -0.39 is 11.9 Å². The van der Waals surface area contributed by atoms with Crippen LogP contribution in [0.4, 0.5) is 0 Å². The maximum absolute atomic E-state index is 10.8. The van der Waals surface area contributed by atoms with Crippen LogP contribution in [0, 0.1) is 17.2 Å². The summed E-state index contributed by atoms with van der Waals surface area (Å²) in [6.45, 7) is 6.04. The molecule has 0 fully saturated rings. The topological polar surface area (TPSA) is 96.1 Å². The summed E-state index contributed by atoms with van der Waals surface area (Å²) in [5, 5.41) is 8.49. The van der Waals surface area contributed by atoms with E-state index in [0.29, 0.717) is 25.4 Å². The Hall–Kier alpha value is -1.12. The predicted octanol–water partition coefficient (Wildman–Crippen LogP) is -0.329. The highest BCUT2D eigenvalue weighted by Gasteiger charge is 2.15. The summed E-state index contributed by atoms with van der Waals surface area (Å²) in [4.78, 5) is 12.8. The third-order valence-electron chi connectivity index (χ3n) is 1.98. The van der Waals surface area contributed by atoms with Crippen molar-refractivity contribution in [3.05, 3.63) is 0 Å². The number of hydrogen-bond acceptors (Lipinski definition) is 4. The Morgan fingerprint density at radius 1 is 1.47 bits per heavy atom. The third-order valence-corrected chi connectivity index (χ3v) is 1.98. The SMILES string of the molecule is CC(C)CN(CCC#N)CC(N)C(N)=O. The number of carbonyl (C=O) groups is 1. The Bertz CT molecular complexity index is 234. The van der Waals surface area contributed by atoms with Gasteiger partial charge in [-0.1, -0.05) is 13.8 Å². The van der Waals surface area contributed by atoms with Gasteiger partial charge in [0.15, 0.2) is 0 Å². The Morgan fingerprint density at radius 2 is 2.07 bits per heavy atom. The zero-order valence-electron chi connectivity index (χ0n) is 9.44. The van der Waals surface area contributed by atoms with E-state index in [0.717, 1.165) is 6.54 Å². The molecule has 0 heterocycles. The third kappa shape index (κ3) is 6.89. The van der Waals surface area contributed by atoms with E-state index in [4.69, 9.17) is 16.7 Å². The lowest BCUT2D eigenvalue weighted by Crippen LogP contribution is -2.47. The summed E-state index contributed by atoms with van der Waals surface area (Å²) >= 11 is 0. The van der Waals surface area contributed by atoms with Gasteiger partial charge in [-0.3, -0.25) is 9.69 Å². The molecule has 1 amide bonds. The lowest BCUT2D eigenvalue weighted by molar-refractivity contribution is -0.119. The summed E-state index contributed by atoms with van der Waals surface area (Å²) in [5.41, 5.74) is 10.7. The van der Waals surface area contributed by atoms with Crippen molar-refractivity contribution in [2.24, 2.45) is 17.4 Å². The number of carbonyl (C=O) groups excluding carboxylic acids is 1. The molecule has 0 saturated carbocycles. The summed E-state index contributed by atoms with van der Waals surface area (Å²) in [7, 11) is 0. The lowest BCUT2D eigenvalue weighted by Gasteiger charge is -2.25. The monoisotopic (exact) mass is 212 g/mol. The zero-order chi connectivity index (χ0) is 11.8. The van der Waals surface area contributed by atoms with Gasteiger partial charge in [-0.15, -0.1) is 0 Å². The minimum absolute atomic E-state index is 0.426. The highest BCUT2D eigenvalue weighted by molar-refractivity contribution is 5.79. The van der Waals surface area contributed by atoms with E-state index in [1.54, 1.807) is 0 Å². The number of rotatable bonds is 7. The van der Waals surface area contributed by atoms with Crippen molar-refractivity contribution in [1.82, 2.24) is 4.90 Å². The molecule has 4 N–H and O–H groups in total. The first-order valence-corrected chi connectivity index (χ1v) is 5.11. The van der Waals surface area contributed by atoms with Crippen molar-refractivity contribution < 1.29 is 4.79 Å². The minimum Gasteiger partial charge on any atom is -0.368 e. The van der Waals surface area contributed by atoms with Crippen LogP contribution >= 0.6 is 0 Å². The van der Waals surface area contributed by atoms with Gasteiger partial charge in [-0.25, -0.2) is 0 Å². The van der Waals surface area contributed by atoms with E-state index in [2.05, 4.69) is 19.9 Å². The van der Waals surface area contributed by atoms with Crippen molar-refractivity contribution in [1.29, 1.82) is 5.26 Å².